The first kappa shape index (κ1) is 19.5. The molecule has 156 valence electrons. The van der Waals surface area contributed by atoms with Crippen molar-refractivity contribution in [3.05, 3.63) is 42.4 Å². The van der Waals surface area contributed by atoms with Crippen molar-refractivity contribution in [3.8, 4) is 27.6 Å². The molecule has 1 saturated heterocycles. The molecule has 0 unspecified atom stereocenters. The van der Waals surface area contributed by atoms with Gasteiger partial charge in [-0.15, -0.1) is 0 Å². The third-order valence-corrected chi connectivity index (χ3v) is 7.24. The summed E-state index contributed by atoms with van der Waals surface area (Å²) in [4.78, 5) is 17.8. The maximum absolute atomic E-state index is 5.35. The van der Waals surface area contributed by atoms with Crippen LogP contribution in [0.1, 0.15) is 37.2 Å². The molecule has 1 aliphatic carbocycles. The maximum atomic E-state index is 5.35. The van der Waals surface area contributed by atoms with E-state index in [0.717, 1.165) is 58.9 Å². The Balaban J connectivity index is 1.62. The number of anilines is 1. The minimum Gasteiger partial charge on any atom is -0.497 e. The Morgan fingerprint density at radius 3 is 2.57 bits per heavy atom. The number of hydrogen-bond donors (Lipinski definition) is 1. The van der Waals surface area contributed by atoms with E-state index in [9.17, 15) is 0 Å². The smallest absolute Gasteiger partial charge is 0.186 e. The highest BCUT2D eigenvalue weighted by molar-refractivity contribution is 7.19. The van der Waals surface area contributed by atoms with Crippen LogP contribution in [0.25, 0.3) is 21.8 Å². The average Bonchev–Trinajstić information content (AvgIpc) is 3.50. The first-order valence-electron chi connectivity index (χ1n) is 10.7. The SMILES string of the molecule is COc1ccc(-c2nc(N3CCNCC3)sc2-c2ncncc2C2CCCC2)cc1. The molecule has 5 rings (SSSR count). The third-order valence-electron chi connectivity index (χ3n) is 6.12. The number of hydrogen-bond acceptors (Lipinski definition) is 7. The van der Waals surface area contributed by atoms with E-state index in [1.807, 2.05) is 18.3 Å². The number of ether oxygens (including phenoxy) is 1. The Morgan fingerprint density at radius 1 is 1.07 bits per heavy atom. The Morgan fingerprint density at radius 2 is 1.83 bits per heavy atom. The lowest BCUT2D eigenvalue weighted by atomic mass is 9.96. The van der Waals surface area contributed by atoms with Crippen molar-refractivity contribution in [3.63, 3.8) is 0 Å². The standard InChI is InChI=1S/C23H27N5OS/c1-29-18-8-6-17(7-9-18)20-22(30-23(27-20)28-12-10-24-11-13-28)21-19(14-25-15-26-21)16-4-2-3-5-16/h6-9,14-16,24H,2-5,10-13H2,1H3. The average molecular weight is 422 g/mol. The van der Waals surface area contributed by atoms with Crippen LogP contribution < -0.4 is 15.0 Å². The zero-order valence-electron chi connectivity index (χ0n) is 17.3. The molecule has 2 fully saturated rings. The minimum atomic E-state index is 0.551. The number of nitrogens with one attached hydrogen (secondary N) is 1. The zero-order chi connectivity index (χ0) is 20.3. The molecular weight excluding hydrogens is 394 g/mol. The van der Waals surface area contributed by atoms with Gasteiger partial charge in [-0.3, -0.25) is 0 Å². The molecular formula is C23H27N5OS. The lowest BCUT2D eigenvalue weighted by Crippen LogP contribution is -2.43. The van der Waals surface area contributed by atoms with E-state index in [1.54, 1.807) is 24.8 Å². The molecule has 3 aromatic rings. The van der Waals surface area contributed by atoms with Crippen LogP contribution >= 0.6 is 11.3 Å². The maximum Gasteiger partial charge on any atom is 0.186 e. The summed E-state index contributed by atoms with van der Waals surface area (Å²) in [6, 6.07) is 8.19. The molecule has 2 aromatic heterocycles. The van der Waals surface area contributed by atoms with Gasteiger partial charge in [0.05, 0.1) is 23.4 Å². The summed E-state index contributed by atoms with van der Waals surface area (Å²) in [5.41, 5.74) is 4.44. The summed E-state index contributed by atoms with van der Waals surface area (Å²) in [6.45, 7) is 3.95. The lowest BCUT2D eigenvalue weighted by molar-refractivity contribution is 0.415. The highest BCUT2D eigenvalue weighted by Crippen LogP contribution is 2.44. The fourth-order valence-electron chi connectivity index (χ4n) is 4.47. The van der Waals surface area contributed by atoms with E-state index in [4.69, 9.17) is 14.7 Å². The zero-order valence-corrected chi connectivity index (χ0v) is 18.1. The Hall–Kier alpha value is -2.51. The number of piperazine rings is 1. The van der Waals surface area contributed by atoms with Gasteiger partial charge in [-0.1, -0.05) is 24.2 Å². The molecule has 2 aliphatic rings. The number of methoxy groups -OCH3 is 1. The van der Waals surface area contributed by atoms with Crippen molar-refractivity contribution < 1.29 is 4.74 Å². The van der Waals surface area contributed by atoms with E-state index in [2.05, 4.69) is 27.3 Å². The molecule has 1 aromatic carbocycles. The van der Waals surface area contributed by atoms with Crippen molar-refractivity contribution in [2.75, 3.05) is 38.2 Å². The number of thiazole rings is 1. The van der Waals surface area contributed by atoms with Crippen LogP contribution in [-0.4, -0.2) is 48.2 Å². The molecule has 0 radical (unpaired) electrons. The van der Waals surface area contributed by atoms with Crippen LogP contribution in [0, 0.1) is 0 Å². The number of aromatic nitrogens is 3. The van der Waals surface area contributed by atoms with Crippen molar-refractivity contribution >= 4 is 16.5 Å². The molecule has 6 nitrogen and oxygen atoms in total. The summed E-state index contributed by atoms with van der Waals surface area (Å²) in [6.07, 6.45) is 8.73. The van der Waals surface area contributed by atoms with Crippen molar-refractivity contribution in [1.82, 2.24) is 20.3 Å². The summed E-state index contributed by atoms with van der Waals surface area (Å²) in [5.74, 6) is 1.40. The fourth-order valence-corrected chi connectivity index (χ4v) is 5.63. The Kier molecular flexibility index (Phi) is 5.64. The summed E-state index contributed by atoms with van der Waals surface area (Å²) in [7, 11) is 1.69. The highest BCUT2D eigenvalue weighted by Gasteiger charge is 2.26. The van der Waals surface area contributed by atoms with Gasteiger partial charge < -0.3 is 15.0 Å². The minimum absolute atomic E-state index is 0.551. The van der Waals surface area contributed by atoms with Gasteiger partial charge in [0.15, 0.2) is 5.13 Å². The molecule has 30 heavy (non-hydrogen) atoms. The monoisotopic (exact) mass is 421 g/mol. The molecule has 0 spiro atoms. The molecule has 1 saturated carbocycles. The molecule has 3 heterocycles. The van der Waals surface area contributed by atoms with Crippen molar-refractivity contribution in [1.29, 1.82) is 0 Å². The normalized spacial score (nSPS) is 17.4. The Labute approximate surface area is 181 Å². The van der Waals surface area contributed by atoms with Crippen LogP contribution in [0.2, 0.25) is 0 Å². The van der Waals surface area contributed by atoms with Crippen LogP contribution in [0.15, 0.2) is 36.8 Å². The van der Waals surface area contributed by atoms with Crippen LogP contribution in [-0.2, 0) is 0 Å². The molecule has 1 aliphatic heterocycles. The lowest BCUT2D eigenvalue weighted by Gasteiger charge is -2.26. The van der Waals surface area contributed by atoms with E-state index < -0.39 is 0 Å². The van der Waals surface area contributed by atoms with Gasteiger partial charge in [0.25, 0.3) is 0 Å². The number of rotatable bonds is 5. The van der Waals surface area contributed by atoms with E-state index in [-0.39, 0.29) is 0 Å². The summed E-state index contributed by atoms with van der Waals surface area (Å²) < 4.78 is 5.35. The van der Waals surface area contributed by atoms with Crippen LogP contribution in [0.5, 0.6) is 5.75 Å². The molecule has 0 atom stereocenters. The quantitative estimate of drug-likeness (QED) is 0.661. The van der Waals surface area contributed by atoms with E-state index >= 15 is 0 Å². The molecule has 7 heteroatoms. The van der Waals surface area contributed by atoms with Gasteiger partial charge in [0, 0.05) is 43.5 Å². The van der Waals surface area contributed by atoms with E-state index in [0.29, 0.717) is 5.92 Å². The number of nitrogens with zero attached hydrogens (tertiary/aromatic N) is 4. The molecule has 1 N–H and O–H groups in total. The topological polar surface area (TPSA) is 63.2 Å². The van der Waals surface area contributed by atoms with Gasteiger partial charge in [-0.2, -0.15) is 0 Å². The third kappa shape index (κ3) is 3.79. The number of benzene rings is 1. The second kappa shape index (κ2) is 8.70. The van der Waals surface area contributed by atoms with Gasteiger partial charge in [0.2, 0.25) is 0 Å². The highest BCUT2D eigenvalue weighted by atomic mass is 32.1. The first-order valence-corrected chi connectivity index (χ1v) is 11.6. The summed E-state index contributed by atoms with van der Waals surface area (Å²) in [5, 5.41) is 4.51. The van der Waals surface area contributed by atoms with E-state index in [1.165, 1.54) is 31.2 Å². The van der Waals surface area contributed by atoms with Crippen molar-refractivity contribution in [2.24, 2.45) is 0 Å². The molecule has 0 amide bonds. The fraction of sp³-hybridized carbons (Fsp3) is 0.435. The van der Waals surface area contributed by atoms with Gasteiger partial charge in [-0.05, 0) is 43.0 Å². The van der Waals surface area contributed by atoms with Gasteiger partial charge >= 0.3 is 0 Å². The second-order valence-electron chi connectivity index (χ2n) is 7.95. The molecule has 0 bridgehead atoms. The predicted molar refractivity (Wildman–Crippen MR) is 121 cm³/mol. The van der Waals surface area contributed by atoms with Gasteiger partial charge in [0.1, 0.15) is 12.1 Å². The largest absolute Gasteiger partial charge is 0.497 e. The first-order chi connectivity index (χ1) is 14.8. The predicted octanol–water partition coefficient (Wildman–Crippen LogP) is 4.34. The second-order valence-corrected chi connectivity index (χ2v) is 8.93. The van der Waals surface area contributed by atoms with Crippen LogP contribution in [0.4, 0.5) is 5.13 Å². The van der Waals surface area contributed by atoms with Crippen LogP contribution in [0.3, 0.4) is 0 Å². The van der Waals surface area contributed by atoms with Crippen molar-refractivity contribution in [2.45, 2.75) is 31.6 Å². The van der Waals surface area contributed by atoms with Gasteiger partial charge in [-0.25, -0.2) is 15.0 Å². The summed E-state index contributed by atoms with van der Waals surface area (Å²) >= 11 is 1.76. The Bertz CT molecular complexity index is 991.